The van der Waals surface area contributed by atoms with Crippen LogP contribution in [0.3, 0.4) is 0 Å². The van der Waals surface area contributed by atoms with E-state index in [1.165, 1.54) is 0 Å². The summed E-state index contributed by atoms with van der Waals surface area (Å²) in [5, 5.41) is 12.1. The van der Waals surface area contributed by atoms with Crippen molar-refractivity contribution in [3.63, 3.8) is 0 Å². The van der Waals surface area contributed by atoms with E-state index >= 15 is 0 Å². The first-order valence-electron chi connectivity index (χ1n) is 6.29. The molecule has 0 atom stereocenters. The Morgan fingerprint density at radius 2 is 1.94 bits per heavy atom. The molecule has 0 radical (unpaired) electrons. The molecule has 0 aliphatic heterocycles. The summed E-state index contributed by atoms with van der Waals surface area (Å²) >= 11 is 0. The van der Waals surface area contributed by atoms with Gasteiger partial charge in [0, 0.05) is 13.0 Å². The molecule has 1 N–H and O–H groups in total. The fourth-order valence-corrected chi connectivity index (χ4v) is 1.93. The van der Waals surface area contributed by atoms with Gasteiger partial charge in [0.05, 0.1) is 6.07 Å². The van der Waals surface area contributed by atoms with Crippen LogP contribution in [0.4, 0.5) is 0 Å². The lowest BCUT2D eigenvalue weighted by molar-refractivity contribution is -0.128. The second-order valence-corrected chi connectivity index (χ2v) is 4.26. The highest BCUT2D eigenvalue weighted by Crippen LogP contribution is 2.29. The molecular weight excluding hydrogens is 212 g/mol. The Balaban J connectivity index is 4.43. The zero-order valence-corrected chi connectivity index (χ0v) is 10.9. The number of terminal acetylenes is 1. The Labute approximate surface area is 105 Å². The van der Waals surface area contributed by atoms with Crippen molar-refractivity contribution in [1.82, 2.24) is 5.32 Å². The number of nitriles is 1. The van der Waals surface area contributed by atoms with E-state index in [1.807, 2.05) is 13.8 Å². The van der Waals surface area contributed by atoms with Gasteiger partial charge in [-0.25, -0.2) is 0 Å². The summed E-state index contributed by atoms with van der Waals surface area (Å²) in [5.74, 6) is 2.39. The summed E-state index contributed by atoms with van der Waals surface area (Å²) in [4.78, 5) is 12.1. The zero-order valence-electron chi connectivity index (χ0n) is 10.9. The normalized spacial score (nSPS) is 10.4. The predicted molar refractivity (Wildman–Crippen MR) is 68.9 cm³/mol. The largest absolute Gasteiger partial charge is 0.355 e. The summed E-state index contributed by atoms with van der Waals surface area (Å²) in [5.41, 5.74) is -0.848. The monoisotopic (exact) mass is 234 g/mol. The van der Waals surface area contributed by atoms with Gasteiger partial charge < -0.3 is 5.32 Å². The molecule has 94 valence electrons. The van der Waals surface area contributed by atoms with E-state index in [-0.39, 0.29) is 5.91 Å². The molecule has 3 nitrogen and oxygen atoms in total. The van der Waals surface area contributed by atoms with Crippen molar-refractivity contribution in [3.05, 3.63) is 0 Å². The number of unbranched alkanes of at least 4 members (excludes halogenated alkanes) is 1. The topological polar surface area (TPSA) is 52.9 Å². The lowest BCUT2D eigenvalue weighted by atomic mass is 9.80. The summed E-state index contributed by atoms with van der Waals surface area (Å²) in [6.45, 7) is 4.54. The third-order valence-corrected chi connectivity index (χ3v) is 2.79. The second kappa shape index (κ2) is 8.65. The number of carbonyl (C=O) groups excluding carboxylic acids is 1. The van der Waals surface area contributed by atoms with Gasteiger partial charge in [-0.15, -0.1) is 12.3 Å². The van der Waals surface area contributed by atoms with Crippen LogP contribution in [0, 0.1) is 29.1 Å². The maximum absolute atomic E-state index is 12.1. The molecule has 1 amide bonds. The average Bonchev–Trinajstić information content (AvgIpc) is 2.34. The van der Waals surface area contributed by atoms with Gasteiger partial charge >= 0.3 is 0 Å². The molecule has 17 heavy (non-hydrogen) atoms. The maximum atomic E-state index is 12.1. The van der Waals surface area contributed by atoms with E-state index in [4.69, 9.17) is 6.42 Å². The predicted octanol–water partition coefficient (Wildman–Crippen LogP) is 2.63. The van der Waals surface area contributed by atoms with Crippen LogP contribution >= 0.6 is 0 Å². The first-order valence-corrected chi connectivity index (χ1v) is 6.29. The molecular formula is C14H22N2O. The van der Waals surface area contributed by atoms with Crippen LogP contribution < -0.4 is 5.32 Å². The van der Waals surface area contributed by atoms with E-state index in [1.54, 1.807) is 0 Å². The summed E-state index contributed by atoms with van der Waals surface area (Å²) < 4.78 is 0. The molecule has 0 heterocycles. The molecule has 0 aliphatic rings. The van der Waals surface area contributed by atoms with Gasteiger partial charge in [-0.3, -0.25) is 4.79 Å². The first-order chi connectivity index (χ1) is 8.16. The van der Waals surface area contributed by atoms with Crippen LogP contribution in [-0.2, 0) is 4.79 Å². The highest BCUT2D eigenvalue weighted by atomic mass is 16.2. The number of nitrogens with one attached hydrogen (secondary N) is 1. The fraction of sp³-hybridized carbons (Fsp3) is 0.714. The number of carbonyl (C=O) groups is 1. The van der Waals surface area contributed by atoms with E-state index < -0.39 is 5.41 Å². The summed E-state index contributed by atoms with van der Waals surface area (Å²) in [6.07, 6.45) is 9.48. The van der Waals surface area contributed by atoms with Crippen LogP contribution in [0.5, 0.6) is 0 Å². The maximum Gasteiger partial charge on any atom is 0.240 e. The van der Waals surface area contributed by atoms with Crippen molar-refractivity contribution in [1.29, 1.82) is 5.26 Å². The highest BCUT2D eigenvalue weighted by molar-refractivity contribution is 5.85. The Morgan fingerprint density at radius 3 is 2.35 bits per heavy atom. The van der Waals surface area contributed by atoms with Crippen LogP contribution in [0.2, 0.25) is 0 Å². The van der Waals surface area contributed by atoms with Crippen molar-refractivity contribution in [3.8, 4) is 18.4 Å². The van der Waals surface area contributed by atoms with E-state index in [0.717, 1.165) is 19.3 Å². The van der Waals surface area contributed by atoms with Crippen molar-refractivity contribution in [2.75, 3.05) is 6.54 Å². The highest BCUT2D eigenvalue weighted by Gasteiger charge is 2.36. The van der Waals surface area contributed by atoms with Crippen molar-refractivity contribution in [2.45, 2.75) is 52.4 Å². The average molecular weight is 234 g/mol. The molecule has 0 aliphatic carbocycles. The lowest BCUT2D eigenvalue weighted by Crippen LogP contribution is -2.40. The van der Waals surface area contributed by atoms with Gasteiger partial charge in [-0.05, 0) is 19.3 Å². The molecule has 0 bridgehead atoms. The molecule has 0 aromatic rings. The van der Waals surface area contributed by atoms with Gasteiger partial charge in [0.15, 0.2) is 0 Å². The SMILES string of the molecule is C#CCCCNC(=O)C(C#N)(CCC)CCC. The molecule has 0 aromatic heterocycles. The smallest absolute Gasteiger partial charge is 0.240 e. The van der Waals surface area contributed by atoms with Crippen LogP contribution in [0.1, 0.15) is 52.4 Å². The quantitative estimate of drug-likeness (QED) is 0.518. The van der Waals surface area contributed by atoms with Gasteiger partial charge in [0.25, 0.3) is 0 Å². The third kappa shape index (κ3) is 4.91. The molecule has 0 saturated heterocycles. The van der Waals surface area contributed by atoms with Crippen molar-refractivity contribution in [2.24, 2.45) is 5.41 Å². The molecule has 0 saturated carbocycles. The number of amides is 1. The Bertz CT molecular complexity index is 303. The van der Waals surface area contributed by atoms with E-state index in [9.17, 15) is 10.1 Å². The van der Waals surface area contributed by atoms with E-state index in [2.05, 4.69) is 17.3 Å². The molecule has 0 unspecified atom stereocenters. The first kappa shape index (κ1) is 15.5. The van der Waals surface area contributed by atoms with Crippen molar-refractivity contribution < 1.29 is 4.79 Å². The van der Waals surface area contributed by atoms with Gasteiger partial charge in [0.1, 0.15) is 5.41 Å². The number of hydrogen-bond acceptors (Lipinski definition) is 2. The standard InChI is InChI=1S/C14H22N2O/c1-4-7-8-11-16-13(17)14(12-15,9-5-2)10-6-3/h1H,5-11H2,2-3H3,(H,16,17). The van der Waals surface area contributed by atoms with Crippen LogP contribution in [0.15, 0.2) is 0 Å². The van der Waals surface area contributed by atoms with Crippen LogP contribution in [0.25, 0.3) is 0 Å². The molecule has 3 heteroatoms. The Hall–Kier alpha value is -1.48. The van der Waals surface area contributed by atoms with Gasteiger partial charge in [0.2, 0.25) is 5.91 Å². The molecule has 0 rings (SSSR count). The van der Waals surface area contributed by atoms with Crippen molar-refractivity contribution >= 4 is 5.91 Å². The summed E-state index contributed by atoms with van der Waals surface area (Å²) in [7, 11) is 0. The Kier molecular flexibility index (Phi) is 7.89. The van der Waals surface area contributed by atoms with E-state index in [0.29, 0.717) is 25.8 Å². The van der Waals surface area contributed by atoms with Gasteiger partial charge in [-0.1, -0.05) is 26.7 Å². The minimum absolute atomic E-state index is 0.138. The third-order valence-electron chi connectivity index (χ3n) is 2.79. The molecule has 0 aromatic carbocycles. The molecule has 0 spiro atoms. The minimum Gasteiger partial charge on any atom is -0.355 e. The Morgan fingerprint density at radius 1 is 1.35 bits per heavy atom. The molecule has 0 fully saturated rings. The number of hydrogen-bond donors (Lipinski definition) is 1. The van der Waals surface area contributed by atoms with Crippen LogP contribution in [-0.4, -0.2) is 12.5 Å². The minimum atomic E-state index is -0.848. The summed E-state index contributed by atoms with van der Waals surface area (Å²) in [6, 6.07) is 2.21. The zero-order chi connectivity index (χ0) is 13.1. The fourth-order valence-electron chi connectivity index (χ4n) is 1.93. The van der Waals surface area contributed by atoms with Gasteiger partial charge in [-0.2, -0.15) is 5.26 Å². The lowest BCUT2D eigenvalue weighted by Gasteiger charge is -2.24. The number of rotatable bonds is 8. The second-order valence-electron chi connectivity index (χ2n) is 4.26. The number of nitrogens with zero attached hydrogens (tertiary/aromatic N) is 1.